The highest BCUT2D eigenvalue weighted by Gasteiger charge is 2.18. The van der Waals surface area contributed by atoms with Crippen LogP contribution in [0.4, 0.5) is 8.78 Å². The largest absolute Gasteiger partial charge is 0.481 e. The van der Waals surface area contributed by atoms with Crippen LogP contribution in [0.1, 0.15) is 29.8 Å². The number of aromatic nitrogens is 4. The van der Waals surface area contributed by atoms with Crippen LogP contribution in [0.25, 0.3) is 11.1 Å². The first-order valence-electron chi connectivity index (χ1n) is 9.99. The minimum Gasteiger partial charge on any atom is -0.481 e. The van der Waals surface area contributed by atoms with Crippen molar-refractivity contribution in [3.05, 3.63) is 89.3 Å². The fourth-order valence-electron chi connectivity index (χ4n) is 3.29. The molecule has 0 saturated carbocycles. The fourth-order valence-corrected chi connectivity index (χ4v) is 3.29. The van der Waals surface area contributed by atoms with Gasteiger partial charge in [0.2, 0.25) is 0 Å². The lowest BCUT2D eigenvalue weighted by Crippen LogP contribution is -2.19. The Hall–Kier alpha value is -3.76. The second kappa shape index (κ2) is 10.7. The van der Waals surface area contributed by atoms with Crippen LogP contribution in [0.2, 0.25) is 0 Å². The summed E-state index contributed by atoms with van der Waals surface area (Å²) in [4.78, 5) is 10.8. The van der Waals surface area contributed by atoms with Gasteiger partial charge in [-0.15, -0.1) is 5.10 Å². The predicted molar refractivity (Wildman–Crippen MR) is 116 cm³/mol. The Kier molecular flexibility index (Phi) is 7.75. The van der Waals surface area contributed by atoms with Crippen molar-refractivity contribution >= 4 is 17.1 Å². The quantitative estimate of drug-likeness (QED) is 0.423. The van der Waals surface area contributed by atoms with E-state index in [0.29, 0.717) is 28.1 Å². The number of rotatable bonds is 9. The van der Waals surface area contributed by atoms with Gasteiger partial charge in [0.1, 0.15) is 11.6 Å². The number of aliphatic hydroxyl groups is 2. The zero-order chi connectivity index (χ0) is 24.0. The second-order valence-corrected chi connectivity index (χ2v) is 7.34. The summed E-state index contributed by atoms with van der Waals surface area (Å²) in [5.41, 5.74) is 2.16. The number of aliphatic carboxylic acids is 1. The molecule has 2 atom stereocenters. The molecule has 0 amide bonds. The highest BCUT2D eigenvalue weighted by molar-refractivity contribution is 6.00. The lowest BCUT2D eigenvalue weighted by atomic mass is 9.91. The van der Waals surface area contributed by atoms with Crippen molar-refractivity contribution in [1.29, 1.82) is 0 Å². The molecule has 8 nitrogen and oxygen atoms in total. The van der Waals surface area contributed by atoms with E-state index in [0.717, 1.165) is 0 Å². The molecule has 3 aromatic rings. The number of hydrogen-bond acceptors (Lipinski definition) is 6. The van der Waals surface area contributed by atoms with Crippen LogP contribution in [0.3, 0.4) is 0 Å². The molecular formula is C23H22F2N4O4. The van der Waals surface area contributed by atoms with Gasteiger partial charge in [-0.3, -0.25) is 4.79 Å². The number of aliphatic hydroxyl groups excluding tert-OH is 2. The molecule has 0 spiro atoms. The Morgan fingerprint density at radius 3 is 2.03 bits per heavy atom. The van der Waals surface area contributed by atoms with Gasteiger partial charge in [0, 0.05) is 19.0 Å². The van der Waals surface area contributed by atoms with Crippen LogP contribution in [0.15, 0.2) is 60.7 Å². The molecule has 0 radical (unpaired) electrons. The zero-order valence-electron chi connectivity index (χ0n) is 17.6. The molecule has 0 aliphatic rings. The van der Waals surface area contributed by atoms with Gasteiger partial charge >= 0.3 is 5.97 Å². The minimum absolute atomic E-state index is 0.199. The van der Waals surface area contributed by atoms with E-state index in [2.05, 4.69) is 15.5 Å². The number of carboxylic acids is 1. The lowest BCUT2D eigenvalue weighted by Gasteiger charge is -2.15. The average molecular weight is 456 g/mol. The topological polar surface area (TPSA) is 121 Å². The van der Waals surface area contributed by atoms with Crippen LogP contribution in [0.5, 0.6) is 0 Å². The van der Waals surface area contributed by atoms with Gasteiger partial charge in [0.05, 0.1) is 18.6 Å². The highest BCUT2D eigenvalue weighted by Crippen LogP contribution is 2.32. The first-order chi connectivity index (χ1) is 15.7. The summed E-state index contributed by atoms with van der Waals surface area (Å²) < 4.78 is 28.6. The number of hydrogen-bond donors (Lipinski definition) is 3. The molecule has 0 bridgehead atoms. The number of nitrogens with zero attached hydrogens (tertiary/aromatic N) is 4. The van der Waals surface area contributed by atoms with Crippen LogP contribution in [0, 0.1) is 11.6 Å². The molecule has 33 heavy (non-hydrogen) atoms. The van der Waals surface area contributed by atoms with E-state index < -0.39 is 36.2 Å². The monoisotopic (exact) mass is 456 g/mol. The summed E-state index contributed by atoms with van der Waals surface area (Å²) in [5.74, 6) is -1.73. The summed E-state index contributed by atoms with van der Waals surface area (Å²) in [5, 5.41) is 40.5. The Labute approximate surface area is 188 Å². The molecule has 0 fully saturated rings. The molecule has 1 heterocycles. The van der Waals surface area contributed by atoms with E-state index in [1.807, 2.05) is 0 Å². The molecule has 3 N–H and O–H groups in total. The molecule has 10 heteroatoms. The molecule has 1 aromatic heterocycles. The number of tetrazole rings is 1. The summed E-state index contributed by atoms with van der Waals surface area (Å²) in [6.07, 6.45) is -0.196. The van der Waals surface area contributed by atoms with Gasteiger partial charge in [-0.25, -0.2) is 13.5 Å². The first kappa shape index (κ1) is 23.9. The Balaban J connectivity index is 2.13. The van der Waals surface area contributed by atoms with Crippen LogP contribution < -0.4 is 0 Å². The molecule has 0 aliphatic carbocycles. The van der Waals surface area contributed by atoms with Crippen molar-refractivity contribution < 1.29 is 28.9 Å². The summed E-state index contributed by atoms with van der Waals surface area (Å²) in [6, 6.07) is 11.4. The second-order valence-electron chi connectivity index (χ2n) is 7.34. The van der Waals surface area contributed by atoms with E-state index in [1.54, 1.807) is 31.3 Å². The van der Waals surface area contributed by atoms with Gasteiger partial charge < -0.3 is 15.3 Å². The summed E-state index contributed by atoms with van der Waals surface area (Å²) >= 11 is 0. The number of benzene rings is 2. The molecule has 3 rings (SSSR count). The van der Waals surface area contributed by atoms with E-state index in [1.165, 1.54) is 41.1 Å². The number of aryl methyl sites for hydroxylation is 1. The third-order valence-electron chi connectivity index (χ3n) is 4.81. The fraction of sp³-hybridized carbons (Fsp3) is 0.217. The van der Waals surface area contributed by atoms with E-state index >= 15 is 0 Å². The van der Waals surface area contributed by atoms with Gasteiger partial charge in [0.15, 0.2) is 5.82 Å². The molecule has 0 saturated heterocycles. The molecule has 2 aromatic carbocycles. The first-order valence-corrected chi connectivity index (χ1v) is 9.99. The zero-order valence-corrected chi connectivity index (χ0v) is 17.6. The maximum absolute atomic E-state index is 13.6. The van der Waals surface area contributed by atoms with Crippen LogP contribution in [-0.4, -0.2) is 53.7 Å². The van der Waals surface area contributed by atoms with Crippen molar-refractivity contribution in [2.24, 2.45) is 7.05 Å². The van der Waals surface area contributed by atoms with Gasteiger partial charge in [-0.05, 0) is 51.4 Å². The number of halogens is 2. The molecule has 172 valence electrons. The Morgan fingerprint density at radius 1 is 1.03 bits per heavy atom. The summed E-state index contributed by atoms with van der Waals surface area (Å²) in [6.45, 7) is 0. The van der Waals surface area contributed by atoms with Crippen LogP contribution >= 0.6 is 0 Å². The predicted octanol–water partition coefficient (Wildman–Crippen LogP) is 2.59. The van der Waals surface area contributed by atoms with Crippen molar-refractivity contribution in [2.45, 2.75) is 25.0 Å². The Morgan fingerprint density at radius 2 is 1.58 bits per heavy atom. The third-order valence-corrected chi connectivity index (χ3v) is 4.81. The van der Waals surface area contributed by atoms with Gasteiger partial charge in [0.25, 0.3) is 0 Å². The van der Waals surface area contributed by atoms with Crippen LogP contribution in [-0.2, 0) is 11.8 Å². The van der Waals surface area contributed by atoms with Crippen molar-refractivity contribution in [3.63, 3.8) is 0 Å². The van der Waals surface area contributed by atoms with Gasteiger partial charge in [-0.1, -0.05) is 36.4 Å². The average Bonchev–Trinajstić information content (AvgIpc) is 3.18. The van der Waals surface area contributed by atoms with E-state index in [4.69, 9.17) is 5.11 Å². The number of allylic oxidation sites excluding steroid dienone is 2. The standard InChI is InChI=1S/C23H22F2N4O4/c1-29-23(26-27-28-29)20(11-10-18(30)12-19(31)13-21(32)33)22(14-2-6-16(24)7-3-14)15-4-8-17(25)9-5-15/h2-11,18-19,30-31H,12-13H2,1H3,(H,32,33)/b11-10+/t18-,19?/m1/s1. The molecule has 1 unspecified atom stereocenters. The normalized spacial score (nSPS) is 13.1. The van der Waals surface area contributed by atoms with Crippen molar-refractivity contribution in [3.8, 4) is 0 Å². The molecule has 0 aliphatic heterocycles. The molecular weight excluding hydrogens is 434 g/mol. The third kappa shape index (κ3) is 6.37. The van der Waals surface area contributed by atoms with Crippen molar-refractivity contribution in [2.75, 3.05) is 0 Å². The number of carboxylic acid groups (broad SMARTS) is 1. The lowest BCUT2D eigenvalue weighted by molar-refractivity contribution is -0.139. The highest BCUT2D eigenvalue weighted by atomic mass is 19.1. The van der Waals surface area contributed by atoms with E-state index in [9.17, 15) is 23.8 Å². The maximum Gasteiger partial charge on any atom is 0.305 e. The maximum atomic E-state index is 13.6. The van der Waals surface area contributed by atoms with E-state index in [-0.39, 0.29) is 6.42 Å². The number of carbonyl (C=O) groups is 1. The summed E-state index contributed by atoms with van der Waals surface area (Å²) in [7, 11) is 1.61. The Bertz CT molecular complexity index is 1110. The minimum atomic E-state index is -1.24. The SMILES string of the molecule is Cn1nnnc1C(/C=C/[C@@H](O)CC(O)CC(=O)O)=C(c1ccc(F)cc1)c1ccc(F)cc1. The smallest absolute Gasteiger partial charge is 0.305 e. The van der Waals surface area contributed by atoms with Crippen molar-refractivity contribution in [1.82, 2.24) is 20.2 Å². The van der Waals surface area contributed by atoms with Gasteiger partial charge in [-0.2, -0.15) is 0 Å².